The summed E-state index contributed by atoms with van der Waals surface area (Å²) in [6.07, 6.45) is 4.96. The van der Waals surface area contributed by atoms with Crippen LogP contribution in [0, 0.1) is 6.92 Å². The quantitative estimate of drug-likeness (QED) is 0.338. The lowest BCUT2D eigenvalue weighted by atomic mass is 10.1. The Morgan fingerprint density at radius 1 is 1.06 bits per heavy atom. The standard InChI is InChI=1S/C23H21N5O3S/c1-15-8-11-24-19(12-15)27-20(29)13-28(2)22(30)21-17(14-32-23-25-9-5-10-26-23)16-6-3-4-7-18(16)31-21/h3-12H,13-14H2,1-2H3,(H,24,27,29). The molecule has 3 heterocycles. The molecule has 0 saturated heterocycles. The Bertz CT molecular complexity index is 1260. The van der Waals surface area contributed by atoms with Crippen LogP contribution in [0.3, 0.4) is 0 Å². The maximum absolute atomic E-state index is 13.2. The molecule has 4 rings (SSSR count). The number of nitrogens with zero attached hydrogens (tertiary/aromatic N) is 4. The summed E-state index contributed by atoms with van der Waals surface area (Å²) in [5.41, 5.74) is 2.34. The molecule has 0 aliphatic heterocycles. The molecular weight excluding hydrogens is 426 g/mol. The first kappa shape index (κ1) is 21.5. The molecule has 32 heavy (non-hydrogen) atoms. The third kappa shape index (κ3) is 4.94. The molecule has 0 unspecified atom stereocenters. The Morgan fingerprint density at radius 3 is 2.62 bits per heavy atom. The van der Waals surface area contributed by atoms with Crippen LogP contribution < -0.4 is 5.32 Å². The molecule has 0 fully saturated rings. The van der Waals surface area contributed by atoms with E-state index >= 15 is 0 Å². The van der Waals surface area contributed by atoms with Gasteiger partial charge in [-0.15, -0.1) is 0 Å². The lowest BCUT2D eigenvalue weighted by molar-refractivity contribution is -0.116. The molecule has 9 heteroatoms. The van der Waals surface area contributed by atoms with Gasteiger partial charge in [-0.25, -0.2) is 15.0 Å². The number of anilines is 1. The topological polar surface area (TPSA) is 101 Å². The first-order chi connectivity index (χ1) is 15.5. The molecule has 1 N–H and O–H groups in total. The van der Waals surface area contributed by atoms with Gasteiger partial charge in [-0.05, 0) is 36.8 Å². The Hall–Kier alpha value is -3.72. The van der Waals surface area contributed by atoms with Crippen molar-refractivity contribution in [1.29, 1.82) is 0 Å². The van der Waals surface area contributed by atoms with E-state index in [1.54, 1.807) is 37.8 Å². The number of fused-ring (bicyclic) bond motifs is 1. The minimum Gasteiger partial charge on any atom is -0.451 e. The van der Waals surface area contributed by atoms with Gasteiger partial charge in [-0.1, -0.05) is 30.0 Å². The number of amides is 2. The summed E-state index contributed by atoms with van der Waals surface area (Å²) in [6, 6.07) is 12.8. The van der Waals surface area contributed by atoms with Crippen LogP contribution in [0.1, 0.15) is 21.7 Å². The van der Waals surface area contributed by atoms with Crippen LogP contribution in [0.25, 0.3) is 11.0 Å². The number of carbonyl (C=O) groups excluding carboxylic acids is 2. The maximum Gasteiger partial charge on any atom is 0.290 e. The zero-order valence-corrected chi connectivity index (χ0v) is 18.4. The fraction of sp³-hybridized carbons (Fsp3) is 0.174. The molecule has 3 aromatic heterocycles. The SMILES string of the molecule is Cc1ccnc(NC(=O)CN(C)C(=O)c2oc3ccccc3c2CSc2ncccn2)c1. The predicted molar refractivity (Wildman–Crippen MR) is 122 cm³/mol. The van der Waals surface area contributed by atoms with Crippen molar-refractivity contribution in [2.45, 2.75) is 17.8 Å². The average molecular weight is 448 g/mol. The number of para-hydroxylation sites is 1. The number of hydrogen-bond acceptors (Lipinski definition) is 7. The van der Waals surface area contributed by atoms with Crippen LogP contribution in [0.5, 0.6) is 0 Å². The number of nitrogens with one attached hydrogen (secondary N) is 1. The Balaban J connectivity index is 1.52. The fourth-order valence-corrected chi connectivity index (χ4v) is 3.99. The monoisotopic (exact) mass is 447 g/mol. The molecule has 0 aliphatic rings. The second kappa shape index (κ2) is 9.61. The number of aromatic nitrogens is 3. The first-order valence-corrected chi connectivity index (χ1v) is 10.9. The summed E-state index contributed by atoms with van der Waals surface area (Å²) >= 11 is 1.41. The van der Waals surface area contributed by atoms with E-state index in [9.17, 15) is 9.59 Å². The Kier molecular flexibility index (Phi) is 6.46. The van der Waals surface area contributed by atoms with Crippen molar-refractivity contribution in [1.82, 2.24) is 19.9 Å². The highest BCUT2D eigenvalue weighted by atomic mass is 32.2. The average Bonchev–Trinajstić information content (AvgIpc) is 3.16. The van der Waals surface area contributed by atoms with Gasteiger partial charge < -0.3 is 14.6 Å². The van der Waals surface area contributed by atoms with E-state index in [-0.39, 0.29) is 24.1 Å². The van der Waals surface area contributed by atoms with Crippen LogP contribution in [0.4, 0.5) is 5.82 Å². The molecule has 4 aromatic rings. The number of likely N-dealkylation sites (N-methyl/N-ethyl adjacent to an activating group) is 1. The molecule has 0 bridgehead atoms. The van der Waals surface area contributed by atoms with Gasteiger partial charge in [0.2, 0.25) is 5.91 Å². The minimum absolute atomic E-state index is 0.139. The highest BCUT2D eigenvalue weighted by Crippen LogP contribution is 2.31. The largest absolute Gasteiger partial charge is 0.451 e. The molecule has 1 aromatic carbocycles. The Labute approximate surface area is 189 Å². The van der Waals surface area contributed by atoms with Crippen LogP contribution in [-0.2, 0) is 10.5 Å². The van der Waals surface area contributed by atoms with Crippen molar-refractivity contribution in [2.75, 3.05) is 18.9 Å². The van der Waals surface area contributed by atoms with Crippen LogP contribution in [0.2, 0.25) is 0 Å². The fourth-order valence-electron chi connectivity index (χ4n) is 3.16. The van der Waals surface area contributed by atoms with Crippen molar-refractivity contribution in [3.63, 3.8) is 0 Å². The van der Waals surface area contributed by atoms with E-state index in [1.165, 1.54) is 16.7 Å². The third-order valence-corrected chi connectivity index (χ3v) is 5.59. The highest BCUT2D eigenvalue weighted by molar-refractivity contribution is 7.98. The summed E-state index contributed by atoms with van der Waals surface area (Å²) in [5.74, 6) is 0.384. The van der Waals surface area contributed by atoms with E-state index in [0.29, 0.717) is 22.3 Å². The lowest BCUT2D eigenvalue weighted by Crippen LogP contribution is -2.35. The number of hydrogen-bond donors (Lipinski definition) is 1. The van der Waals surface area contributed by atoms with Crippen molar-refractivity contribution >= 4 is 40.4 Å². The van der Waals surface area contributed by atoms with E-state index in [0.717, 1.165) is 16.5 Å². The van der Waals surface area contributed by atoms with Gasteiger partial charge in [0.05, 0.1) is 0 Å². The van der Waals surface area contributed by atoms with Crippen molar-refractivity contribution in [2.24, 2.45) is 0 Å². The van der Waals surface area contributed by atoms with Gasteiger partial charge in [0.15, 0.2) is 10.9 Å². The highest BCUT2D eigenvalue weighted by Gasteiger charge is 2.25. The number of pyridine rings is 1. The molecule has 0 atom stereocenters. The number of aryl methyl sites for hydroxylation is 1. The molecule has 0 radical (unpaired) electrons. The molecule has 0 spiro atoms. The molecule has 0 aliphatic carbocycles. The molecule has 8 nitrogen and oxygen atoms in total. The smallest absolute Gasteiger partial charge is 0.290 e. The summed E-state index contributed by atoms with van der Waals surface area (Å²) in [6.45, 7) is 1.77. The van der Waals surface area contributed by atoms with Crippen LogP contribution >= 0.6 is 11.8 Å². The number of thioether (sulfide) groups is 1. The van der Waals surface area contributed by atoms with Gasteiger partial charge >= 0.3 is 0 Å². The number of carbonyl (C=O) groups is 2. The van der Waals surface area contributed by atoms with Gasteiger partial charge in [0.1, 0.15) is 17.9 Å². The van der Waals surface area contributed by atoms with Crippen molar-refractivity contribution in [3.05, 3.63) is 77.9 Å². The minimum atomic E-state index is -0.377. The van der Waals surface area contributed by atoms with Gasteiger partial charge in [0.25, 0.3) is 5.91 Å². The second-order valence-electron chi connectivity index (χ2n) is 7.15. The van der Waals surface area contributed by atoms with Gasteiger partial charge in [-0.2, -0.15) is 0 Å². The van der Waals surface area contributed by atoms with E-state index < -0.39 is 0 Å². The predicted octanol–water partition coefficient (Wildman–Crippen LogP) is 3.93. The van der Waals surface area contributed by atoms with E-state index in [4.69, 9.17) is 4.42 Å². The zero-order chi connectivity index (χ0) is 22.5. The van der Waals surface area contributed by atoms with Crippen LogP contribution in [0.15, 0.2) is 70.6 Å². The van der Waals surface area contributed by atoms with Gasteiger partial charge in [0, 0.05) is 42.3 Å². The van der Waals surface area contributed by atoms with Gasteiger partial charge in [-0.3, -0.25) is 9.59 Å². The number of benzene rings is 1. The first-order valence-electron chi connectivity index (χ1n) is 9.89. The number of rotatable bonds is 7. The Morgan fingerprint density at radius 2 is 1.84 bits per heavy atom. The summed E-state index contributed by atoms with van der Waals surface area (Å²) in [4.78, 5) is 39.5. The second-order valence-corrected chi connectivity index (χ2v) is 8.10. The van der Waals surface area contributed by atoms with E-state index in [1.807, 2.05) is 37.3 Å². The summed E-state index contributed by atoms with van der Waals surface area (Å²) < 4.78 is 5.90. The number of furan rings is 1. The zero-order valence-electron chi connectivity index (χ0n) is 17.6. The third-order valence-electron chi connectivity index (χ3n) is 4.69. The lowest BCUT2D eigenvalue weighted by Gasteiger charge is -2.16. The molecule has 0 saturated carbocycles. The molecule has 162 valence electrons. The van der Waals surface area contributed by atoms with Crippen molar-refractivity contribution < 1.29 is 14.0 Å². The van der Waals surface area contributed by atoms with E-state index in [2.05, 4.69) is 20.3 Å². The summed E-state index contributed by atoms with van der Waals surface area (Å²) in [5, 5.41) is 4.17. The van der Waals surface area contributed by atoms with Crippen LogP contribution in [-0.4, -0.2) is 45.3 Å². The summed E-state index contributed by atoms with van der Waals surface area (Å²) in [7, 11) is 1.57. The maximum atomic E-state index is 13.2. The molecule has 2 amide bonds. The normalized spacial score (nSPS) is 10.8. The molecular formula is C23H21N5O3S. The van der Waals surface area contributed by atoms with Crippen molar-refractivity contribution in [3.8, 4) is 0 Å².